The second kappa shape index (κ2) is 14.2. The zero-order chi connectivity index (χ0) is 35.7. The number of aryl methyl sites for hydroxylation is 3. The molecule has 2 heterocycles. The van der Waals surface area contributed by atoms with Crippen molar-refractivity contribution in [3.63, 3.8) is 0 Å². The summed E-state index contributed by atoms with van der Waals surface area (Å²) >= 11 is 0. The molecule has 0 radical (unpaired) electrons. The van der Waals surface area contributed by atoms with Crippen molar-refractivity contribution in [1.82, 2.24) is 19.8 Å². The Morgan fingerprint density at radius 1 is 1.08 bits per heavy atom. The van der Waals surface area contributed by atoms with Crippen LogP contribution in [-0.4, -0.2) is 56.7 Å². The summed E-state index contributed by atoms with van der Waals surface area (Å²) in [6, 6.07) is 6.00. The lowest BCUT2D eigenvalue weighted by Gasteiger charge is -2.42. The predicted octanol–water partition coefficient (Wildman–Crippen LogP) is 6.50. The number of aliphatic carboxylic acids is 1. The van der Waals surface area contributed by atoms with Crippen molar-refractivity contribution in [3.8, 4) is 11.1 Å². The molecule has 2 atom stereocenters. The van der Waals surface area contributed by atoms with Crippen molar-refractivity contribution in [1.29, 1.82) is 0 Å². The summed E-state index contributed by atoms with van der Waals surface area (Å²) in [6.07, 6.45) is -4.95. The fourth-order valence-corrected chi connectivity index (χ4v) is 6.42. The molecule has 1 saturated heterocycles. The first-order chi connectivity index (χ1) is 22.3. The van der Waals surface area contributed by atoms with Crippen LogP contribution in [0.4, 0.5) is 22.0 Å². The molecule has 1 aliphatic heterocycles. The number of halogens is 5. The van der Waals surface area contributed by atoms with Gasteiger partial charge in [-0.15, -0.1) is 0 Å². The lowest BCUT2D eigenvalue weighted by Crippen LogP contribution is -2.57. The van der Waals surface area contributed by atoms with E-state index in [1.165, 1.54) is 19.9 Å². The molecule has 0 saturated carbocycles. The Labute approximate surface area is 276 Å². The van der Waals surface area contributed by atoms with Crippen LogP contribution >= 0.6 is 0 Å². The Balaban J connectivity index is 1.75. The minimum Gasteiger partial charge on any atom is -0.481 e. The molecule has 2 unspecified atom stereocenters. The molecule has 1 aliphatic rings. The van der Waals surface area contributed by atoms with Gasteiger partial charge in [-0.3, -0.25) is 19.1 Å². The maximum Gasteiger partial charge on any atom is 0.433 e. The topological polar surface area (TPSA) is 105 Å². The van der Waals surface area contributed by atoms with Gasteiger partial charge in [0.1, 0.15) is 17.5 Å². The van der Waals surface area contributed by atoms with Gasteiger partial charge in [0.2, 0.25) is 5.91 Å². The number of rotatable bonds is 12. The lowest BCUT2D eigenvalue weighted by molar-refractivity contribution is -0.142. The number of aromatic nitrogens is 2. The molecule has 3 aromatic rings. The van der Waals surface area contributed by atoms with Gasteiger partial charge in [-0.2, -0.15) is 18.2 Å². The number of nitrogens with zero attached hydrogens (tertiary/aromatic N) is 3. The molecule has 1 aromatic heterocycles. The number of carboxylic acids is 1. The fourth-order valence-electron chi connectivity index (χ4n) is 6.42. The summed E-state index contributed by atoms with van der Waals surface area (Å²) < 4.78 is 72.5. The van der Waals surface area contributed by atoms with E-state index in [1.54, 1.807) is 24.8 Å². The van der Waals surface area contributed by atoms with E-state index in [1.807, 2.05) is 32.0 Å². The molecule has 0 aliphatic carbocycles. The fraction of sp³-hybridized carbons (Fsp3) is 0.486. The number of carbonyl (C=O) groups excluding carboxylic acids is 1. The monoisotopic (exact) mass is 676 g/mol. The number of hydrogen-bond acceptors (Lipinski definition) is 5. The number of nitrogens with one attached hydrogen (secondary N) is 1. The average molecular weight is 677 g/mol. The van der Waals surface area contributed by atoms with Crippen LogP contribution in [0.25, 0.3) is 11.1 Å². The molecule has 0 spiro atoms. The zero-order valence-corrected chi connectivity index (χ0v) is 27.8. The third-order valence-corrected chi connectivity index (χ3v) is 8.56. The Hall–Kier alpha value is -4.13. The molecule has 0 bridgehead atoms. The SMILES string of the molecule is Cc1cc(-c2c(C)cccc2C)cc(C(CC(=O)O)NC(=O)C(CC(C)C)n2cc(CCN3CC(C)(F)C3)c(C(F)(F)F)nc2=O)c1F. The normalized spacial score (nSPS) is 16.0. The van der Waals surface area contributed by atoms with E-state index in [-0.39, 0.29) is 55.1 Å². The minimum absolute atomic E-state index is 0.0195. The van der Waals surface area contributed by atoms with Crippen LogP contribution in [0.2, 0.25) is 0 Å². The van der Waals surface area contributed by atoms with E-state index in [0.717, 1.165) is 27.5 Å². The van der Waals surface area contributed by atoms with Crippen LogP contribution in [0.1, 0.15) is 79.2 Å². The first-order valence-corrected chi connectivity index (χ1v) is 15.8. The molecular weight excluding hydrogens is 635 g/mol. The minimum atomic E-state index is -4.96. The predicted molar refractivity (Wildman–Crippen MR) is 171 cm³/mol. The van der Waals surface area contributed by atoms with E-state index in [0.29, 0.717) is 5.56 Å². The average Bonchev–Trinajstić information content (AvgIpc) is 2.94. The lowest BCUT2D eigenvalue weighted by atomic mass is 9.90. The van der Waals surface area contributed by atoms with Crippen molar-refractivity contribution in [2.24, 2.45) is 5.92 Å². The highest BCUT2D eigenvalue weighted by Crippen LogP contribution is 2.35. The number of carboxylic acid groups (broad SMARTS) is 1. The van der Waals surface area contributed by atoms with Gasteiger partial charge >= 0.3 is 17.8 Å². The van der Waals surface area contributed by atoms with Gasteiger partial charge in [-0.25, -0.2) is 13.6 Å². The largest absolute Gasteiger partial charge is 0.481 e. The van der Waals surface area contributed by atoms with E-state index < -0.39 is 59.4 Å². The molecule has 1 amide bonds. The van der Waals surface area contributed by atoms with Crippen molar-refractivity contribution < 1.29 is 36.6 Å². The maximum atomic E-state index is 15.7. The van der Waals surface area contributed by atoms with Crippen molar-refractivity contribution in [3.05, 3.63) is 86.3 Å². The highest BCUT2D eigenvalue weighted by Gasteiger charge is 2.40. The van der Waals surface area contributed by atoms with Crippen LogP contribution in [0.15, 0.2) is 41.3 Å². The van der Waals surface area contributed by atoms with Crippen LogP contribution < -0.4 is 11.0 Å². The van der Waals surface area contributed by atoms with Crippen LogP contribution in [0.3, 0.4) is 0 Å². The number of likely N-dealkylation sites (tertiary alicyclic amines) is 1. The summed E-state index contributed by atoms with van der Waals surface area (Å²) in [4.78, 5) is 44.0. The van der Waals surface area contributed by atoms with Gasteiger partial charge in [0.25, 0.3) is 0 Å². The second-order valence-electron chi connectivity index (χ2n) is 13.4. The van der Waals surface area contributed by atoms with E-state index >= 15 is 4.39 Å². The number of alkyl halides is 4. The van der Waals surface area contributed by atoms with Crippen LogP contribution in [0.5, 0.6) is 0 Å². The van der Waals surface area contributed by atoms with Crippen LogP contribution in [-0.2, 0) is 22.2 Å². The Morgan fingerprint density at radius 3 is 2.25 bits per heavy atom. The van der Waals surface area contributed by atoms with Crippen molar-refractivity contribution >= 4 is 11.9 Å². The number of benzene rings is 2. The Kier molecular flexibility index (Phi) is 10.8. The third kappa shape index (κ3) is 8.47. The van der Waals surface area contributed by atoms with Gasteiger partial charge in [-0.05, 0) is 86.4 Å². The van der Waals surface area contributed by atoms with Gasteiger partial charge in [0.15, 0.2) is 5.69 Å². The highest BCUT2D eigenvalue weighted by molar-refractivity contribution is 5.82. The van der Waals surface area contributed by atoms with E-state index in [2.05, 4.69) is 10.3 Å². The molecule has 4 rings (SSSR count). The summed E-state index contributed by atoms with van der Waals surface area (Å²) in [5.41, 5.74) is -1.11. The van der Waals surface area contributed by atoms with Crippen molar-refractivity contribution in [2.75, 3.05) is 19.6 Å². The van der Waals surface area contributed by atoms with E-state index in [9.17, 15) is 37.1 Å². The molecule has 260 valence electrons. The standard InChI is InChI=1S/C35H41F5N4O4/c1-19(2)12-27(44-16-23(10-11-43-17-34(6,37)18-43)31(35(38,39)40)42-33(44)48)32(47)41-26(15-28(45)46)25-14-24(13-22(5)30(25)36)29-20(3)8-7-9-21(29)4/h7-9,13-14,16,19,26-27H,10-12,15,17-18H2,1-6H3,(H,41,47)(H,45,46). The first kappa shape index (κ1) is 36.7. The van der Waals surface area contributed by atoms with Crippen molar-refractivity contribution in [2.45, 2.75) is 84.7 Å². The smallest absolute Gasteiger partial charge is 0.433 e. The Morgan fingerprint density at radius 2 is 1.71 bits per heavy atom. The third-order valence-electron chi connectivity index (χ3n) is 8.56. The first-order valence-electron chi connectivity index (χ1n) is 15.8. The second-order valence-corrected chi connectivity index (χ2v) is 13.4. The van der Waals surface area contributed by atoms with Crippen LogP contribution in [0, 0.1) is 32.5 Å². The molecule has 8 nitrogen and oxygen atoms in total. The molecule has 1 fully saturated rings. The van der Waals surface area contributed by atoms with E-state index in [4.69, 9.17) is 0 Å². The zero-order valence-electron chi connectivity index (χ0n) is 27.8. The maximum absolute atomic E-state index is 15.7. The highest BCUT2D eigenvalue weighted by atomic mass is 19.4. The quantitative estimate of drug-likeness (QED) is 0.213. The van der Waals surface area contributed by atoms with Gasteiger partial charge < -0.3 is 10.4 Å². The molecule has 48 heavy (non-hydrogen) atoms. The number of amides is 1. The summed E-state index contributed by atoms with van der Waals surface area (Å²) in [6.45, 7) is 10.3. The molecule has 13 heteroatoms. The Bertz CT molecular complexity index is 1720. The number of hydrogen-bond donors (Lipinski definition) is 2. The summed E-state index contributed by atoms with van der Waals surface area (Å²) in [5, 5.41) is 12.4. The molecule has 2 N–H and O–H groups in total. The number of carbonyl (C=O) groups is 2. The molecular formula is C35H41F5N4O4. The summed E-state index contributed by atoms with van der Waals surface area (Å²) in [7, 11) is 0. The molecule has 2 aromatic carbocycles. The van der Waals surface area contributed by atoms with Gasteiger partial charge in [0, 0.05) is 37.0 Å². The van der Waals surface area contributed by atoms with Gasteiger partial charge in [0.05, 0.1) is 12.5 Å². The summed E-state index contributed by atoms with van der Waals surface area (Å²) in [5.74, 6) is -3.18. The van der Waals surface area contributed by atoms with Gasteiger partial charge in [-0.1, -0.05) is 32.0 Å².